The van der Waals surface area contributed by atoms with E-state index in [2.05, 4.69) is 73.1 Å². The highest BCUT2D eigenvalue weighted by atomic mass is 32.2. The molecule has 0 spiro atoms. The largest absolute Gasteiger partial charge is 0.492 e. The van der Waals surface area contributed by atoms with Crippen LogP contribution in [0.5, 0.6) is 5.75 Å². The van der Waals surface area contributed by atoms with Crippen molar-refractivity contribution < 1.29 is 9.53 Å². The van der Waals surface area contributed by atoms with Gasteiger partial charge in [-0.3, -0.25) is 9.69 Å². The predicted molar refractivity (Wildman–Crippen MR) is 153 cm³/mol. The molecule has 0 radical (unpaired) electrons. The molecule has 36 heavy (non-hydrogen) atoms. The number of hydrogen-bond donors (Lipinski definition) is 0. The number of ether oxygens (including phenoxy) is 1. The van der Waals surface area contributed by atoms with Crippen molar-refractivity contribution in [1.82, 2.24) is 9.47 Å². The van der Waals surface area contributed by atoms with Crippen molar-refractivity contribution in [2.24, 2.45) is 0 Å². The summed E-state index contributed by atoms with van der Waals surface area (Å²) in [5, 5.41) is 1.10. The first-order valence-corrected chi connectivity index (χ1v) is 13.2. The molecule has 2 heterocycles. The molecule has 1 aliphatic heterocycles. The number of thiocarbonyl (C=S) groups is 1. The Hall–Kier alpha value is -3.35. The lowest BCUT2D eigenvalue weighted by Gasteiger charge is -2.26. The highest BCUT2D eigenvalue weighted by molar-refractivity contribution is 8.26. The van der Waals surface area contributed by atoms with Crippen molar-refractivity contribution in [3.05, 3.63) is 107 Å². The molecule has 4 nitrogen and oxygen atoms in total. The maximum atomic E-state index is 12.5. The topological polar surface area (TPSA) is 34.5 Å². The van der Waals surface area contributed by atoms with E-state index in [0.29, 0.717) is 22.4 Å². The van der Waals surface area contributed by atoms with Gasteiger partial charge in [-0.1, -0.05) is 98.5 Å². The molecule has 1 amide bonds. The minimum atomic E-state index is -0.0771. The lowest BCUT2D eigenvalue weighted by atomic mass is 9.78. The highest BCUT2D eigenvalue weighted by Gasteiger charge is 2.29. The summed E-state index contributed by atoms with van der Waals surface area (Å²) in [6, 6.07) is 27.2. The van der Waals surface area contributed by atoms with Gasteiger partial charge < -0.3 is 9.30 Å². The smallest absolute Gasteiger partial charge is 0.265 e. The number of benzene rings is 3. The van der Waals surface area contributed by atoms with E-state index in [1.165, 1.54) is 27.8 Å². The maximum Gasteiger partial charge on any atom is 0.265 e. The lowest BCUT2D eigenvalue weighted by Crippen LogP contribution is -2.22. The molecule has 0 aliphatic carbocycles. The number of aromatic nitrogens is 1. The first-order valence-electron chi connectivity index (χ1n) is 11.9. The number of nitrogens with zero attached hydrogens (tertiary/aromatic N) is 2. The number of thioether (sulfide) groups is 1. The average Bonchev–Trinajstić information content (AvgIpc) is 3.36. The van der Waals surface area contributed by atoms with Crippen LogP contribution in [-0.4, -0.2) is 33.3 Å². The van der Waals surface area contributed by atoms with Crippen molar-refractivity contribution in [3.8, 4) is 5.75 Å². The zero-order valence-corrected chi connectivity index (χ0v) is 22.2. The first kappa shape index (κ1) is 24.3. The van der Waals surface area contributed by atoms with Crippen molar-refractivity contribution in [3.63, 3.8) is 0 Å². The van der Waals surface area contributed by atoms with Gasteiger partial charge in [0.1, 0.15) is 16.7 Å². The fourth-order valence-corrected chi connectivity index (χ4v) is 5.68. The molecule has 1 aliphatic rings. The molecule has 1 fully saturated rings. The van der Waals surface area contributed by atoms with Gasteiger partial charge in [-0.05, 0) is 35.4 Å². The van der Waals surface area contributed by atoms with Gasteiger partial charge >= 0.3 is 0 Å². The quantitative estimate of drug-likeness (QED) is 0.200. The fourth-order valence-electron chi connectivity index (χ4n) is 4.51. The summed E-state index contributed by atoms with van der Waals surface area (Å²) in [5.41, 5.74) is 4.58. The maximum absolute atomic E-state index is 12.5. The van der Waals surface area contributed by atoms with E-state index in [-0.39, 0.29) is 11.3 Å². The third-order valence-corrected chi connectivity index (χ3v) is 8.25. The molecule has 0 bridgehead atoms. The second kappa shape index (κ2) is 9.96. The van der Waals surface area contributed by atoms with E-state index in [1.54, 1.807) is 7.05 Å². The molecule has 182 valence electrons. The van der Waals surface area contributed by atoms with E-state index in [1.807, 2.05) is 36.4 Å². The molecule has 4 aromatic rings. The molecule has 0 unspecified atom stereocenters. The molecule has 0 N–H and O–H groups in total. The number of likely N-dealkylation sites (N-methyl/N-ethyl adjacent to an activating group) is 1. The van der Waals surface area contributed by atoms with Gasteiger partial charge in [-0.2, -0.15) is 0 Å². The molecule has 3 aromatic carbocycles. The Bertz CT molecular complexity index is 1450. The van der Waals surface area contributed by atoms with Gasteiger partial charge in [0.15, 0.2) is 0 Å². The van der Waals surface area contributed by atoms with Crippen LogP contribution in [0.2, 0.25) is 0 Å². The van der Waals surface area contributed by atoms with Crippen molar-refractivity contribution in [2.75, 3.05) is 13.7 Å². The van der Waals surface area contributed by atoms with E-state index in [0.717, 1.165) is 22.2 Å². The summed E-state index contributed by atoms with van der Waals surface area (Å²) < 4.78 is 8.87. The zero-order valence-electron chi connectivity index (χ0n) is 20.6. The van der Waals surface area contributed by atoms with Crippen LogP contribution in [0, 0.1) is 0 Å². The fraction of sp³-hybridized carbons (Fsp3) is 0.200. The Morgan fingerprint density at radius 1 is 0.944 bits per heavy atom. The Morgan fingerprint density at radius 2 is 1.61 bits per heavy atom. The number of hydrogen-bond acceptors (Lipinski definition) is 4. The van der Waals surface area contributed by atoms with E-state index < -0.39 is 0 Å². The van der Waals surface area contributed by atoms with Crippen LogP contribution in [0.4, 0.5) is 0 Å². The summed E-state index contributed by atoms with van der Waals surface area (Å²) in [6.07, 6.45) is 4.03. The van der Waals surface area contributed by atoms with Crippen molar-refractivity contribution >= 4 is 51.2 Å². The van der Waals surface area contributed by atoms with Gasteiger partial charge in [-0.15, -0.1) is 0 Å². The Kier molecular flexibility index (Phi) is 6.73. The van der Waals surface area contributed by atoms with Crippen LogP contribution < -0.4 is 4.74 Å². The molecule has 0 atom stereocenters. The van der Waals surface area contributed by atoms with Gasteiger partial charge in [0.2, 0.25) is 0 Å². The summed E-state index contributed by atoms with van der Waals surface area (Å²) in [5.74, 6) is 0.801. The predicted octanol–water partition coefficient (Wildman–Crippen LogP) is 6.88. The van der Waals surface area contributed by atoms with Crippen LogP contribution in [0.25, 0.3) is 17.0 Å². The molecule has 1 saturated heterocycles. The Labute approximate surface area is 221 Å². The van der Waals surface area contributed by atoms with Crippen molar-refractivity contribution in [2.45, 2.75) is 25.8 Å². The second-order valence-electron chi connectivity index (χ2n) is 9.40. The number of para-hydroxylation sites is 1. The standard InChI is InChI=1S/C30H28N2O2S2/c1-30(2,22-9-5-4-6-10-22)23-13-15-24(16-14-23)34-18-17-32-20-21(25-11-7-8-12-26(25)32)19-27-28(33)31(3)29(35)36-27/h4-16,19-20H,17-18H2,1-3H3. The van der Waals surface area contributed by atoms with Crippen LogP contribution in [0.15, 0.2) is 90.0 Å². The number of carbonyl (C=O) groups is 1. The summed E-state index contributed by atoms with van der Waals surface area (Å²) >= 11 is 6.62. The van der Waals surface area contributed by atoms with Gasteiger partial charge in [-0.25, -0.2) is 0 Å². The number of fused-ring (bicyclic) bond motifs is 1. The Morgan fingerprint density at radius 3 is 2.31 bits per heavy atom. The monoisotopic (exact) mass is 512 g/mol. The van der Waals surface area contributed by atoms with E-state index in [4.69, 9.17) is 17.0 Å². The van der Waals surface area contributed by atoms with Gasteiger partial charge in [0, 0.05) is 35.1 Å². The molecular formula is C30H28N2O2S2. The highest BCUT2D eigenvalue weighted by Crippen LogP contribution is 2.34. The normalized spacial score (nSPS) is 15.3. The third-order valence-electron chi connectivity index (χ3n) is 6.76. The van der Waals surface area contributed by atoms with Gasteiger partial charge in [0.05, 0.1) is 11.4 Å². The number of rotatable bonds is 7. The lowest BCUT2D eigenvalue weighted by molar-refractivity contribution is -0.121. The Balaban J connectivity index is 1.29. The minimum absolute atomic E-state index is 0.0518. The summed E-state index contributed by atoms with van der Waals surface area (Å²) in [7, 11) is 1.72. The molecule has 5 rings (SSSR count). The van der Waals surface area contributed by atoms with Crippen LogP contribution >= 0.6 is 24.0 Å². The summed E-state index contributed by atoms with van der Waals surface area (Å²) in [4.78, 5) is 14.7. The van der Waals surface area contributed by atoms with Gasteiger partial charge in [0.25, 0.3) is 5.91 Å². The summed E-state index contributed by atoms with van der Waals surface area (Å²) in [6.45, 7) is 5.72. The van der Waals surface area contributed by atoms with Crippen molar-refractivity contribution in [1.29, 1.82) is 0 Å². The van der Waals surface area contributed by atoms with Crippen LogP contribution in [0.1, 0.15) is 30.5 Å². The third kappa shape index (κ3) is 4.71. The molecule has 6 heteroatoms. The first-order chi connectivity index (χ1) is 17.3. The molecule has 1 aromatic heterocycles. The molecular weight excluding hydrogens is 484 g/mol. The minimum Gasteiger partial charge on any atom is -0.492 e. The second-order valence-corrected chi connectivity index (χ2v) is 11.1. The zero-order chi connectivity index (χ0) is 25.3. The van der Waals surface area contributed by atoms with E-state index >= 15 is 0 Å². The van der Waals surface area contributed by atoms with E-state index in [9.17, 15) is 4.79 Å². The van der Waals surface area contributed by atoms with Crippen LogP contribution in [-0.2, 0) is 16.8 Å². The van der Waals surface area contributed by atoms with Crippen LogP contribution in [0.3, 0.4) is 0 Å². The molecule has 0 saturated carbocycles. The number of carbonyl (C=O) groups excluding carboxylic acids is 1. The number of amides is 1. The average molecular weight is 513 g/mol. The SMILES string of the molecule is CN1C(=O)C(=Cc2cn(CCOc3ccc(C(C)(C)c4ccccc4)cc3)c3ccccc23)SC1=S.